The summed E-state index contributed by atoms with van der Waals surface area (Å²) in [6, 6.07) is 11.5. The first-order valence-electron chi connectivity index (χ1n) is 18.6. The summed E-state index contributed by atoms with van der Waals surface area (Å²) in [4.78, 5) is 72.4. The first-order chi connectivity index (χ1) is 28.6. The number of anilines is 3. The monoisotopic (exact) mass is 828 g/mol. The Bertz CT molecular complexity index is 2430. The molecular formula is C39H38ClFN10O8. The molecule has 59 heavy (non-hydrogen) atoms. The van der Waals surface area contributed by atoms with E-state index in [0.29, 0.717) is 71.4 Å². The second kappa shape index (κ2) is 18.2. The molecule has 20 heteroatoms. The van der Waals surface area contributed by atoms with E-state index in [4.69, 9.17) is 25.8 Å². The summed E-state index contributed by atoms with van der Waals surface area (Å²) in [6.07, 6.45) is 3.83. The normalized spacial score (nSPS) is 15.0. The van der Waals surface area contributed by atoms with Crippen molar-refractivity contribution in [2.24, 2.45) is 0 Å². The van der Waals surface area contributed by atoms with E-state index in [1.165, 1.54) is 31.6 Å². The number of carbonyl (C=O) groups excluding carboxylic acids is 5. The van der Waals surface area contributed by atoms with Crippen LogP contribution in [0.4, 0.5) is 21.6 Å². The number of halogens is 2. The van der Waals surface area contributed by atoms with Gasteiger partial charge < -0.3 is 30.2 Å². The minimum absolute atomic E-state index is 0.0288. The van der Waals surface area contributed by atoms with Crippen LogP contribution in [0.2, 0.25) is 5.02 Å². The smallest absolute Gasteiger partial charge is 0.264 e. The van der Waals surface area contributed by atoms with Crippen LogP contribution in [0.3, 0.4) is 0 Å². The first-order valence-corrected chi connectivity index (χ1v) is 19.0. The quantitative estimate of drug-likeness (QED) is 0.0730. The third-order valence-electron chi connectivity index (χ3n) is 9.46. The van der Waals surface area contributed by atoms with Crippen LogP contribution in [-0.2, 0) is 32.2 Å². The van der Waals surface area contributed by atoms with E-state index >= 15 is 0 Å². The van der Waals surface area contributed by atoms with Crippen LogP contribution in [0, 0.1) is 5.82 Å². The number of methoxy groups -OCH3 is 1. The van der Waals surface area contributed by atoms with E-state index in [2.05, 4.69) is 41.5 Å². The maximum absolute atomic E-state index is 13.7. The first kappa shape index (κ1) is 40.5. The number of fused-ring (bicyclic) bond motifs is 2. The number of rotatable bonds is 18. The number of benzene rings is 3. The second-order valence-electron chi connectivity index (χ2n) is 13.4. The summed E-state index contributed by atoms with van der Waals surface area (Å²) in [5.41, 5.74) is 2.50. The Hall–Kier alpha value is -6.73. The molecule has 306 valence electrons. The van der Waals surface area contributed by atoms with Crippen molar-refractivity contribution in [1.82, 2.24) is 40.5 Å². The topological polar surface area (TPSA) is 221 Å². The van der Waals surface area contributed by atoms with Gasteiger partial charge in [-0.3, -0.25) is 34.2 Å². The van der Waals surface area contributed by atoms with Gasteiger partial charge in [-0.05, 0) is 49.2 Å². The highest BCUT2D eigenvalue weighted by Crippen LogP contribution is 2.36. The molecule has 0 spiro atoms. The van der Waals surface area contributed by atoms with Crippen LogP contribution in [-0.4, -0.2) is 98.9 Å². The van der Waals surface area contributed by atoms with Gasteiger partial charge in [0.05, 0.1) is 67.9 Å². The largest absolute Gasteiger partial charge is 0.493 e. The van der Waals surface area contributed by atoms with Gasteiger partial charge >= 0.3 is 0 Å². The van der Waals surface area contributed by atoms with E-state index in [0.717, 1.165) is 4.90 Å². The highest BCUT2D eigenvalue weighted by Gasteiger charge is 2.45. The van der Waals surface area contributed by atoms with Crippen LogP contribution in [0.1, 0.15) is 52.1 Å². The number of ether oxygens (including phenoxy) is 3. The predicted molar refractivity (Wildman–Crippen MR) is 210 cm³/mol. The second-order valence-corrected chi connectivity index (χ2v) is 13.8. The Morgan fingerprint density at radius 1 is 1.03 bits per heavy atom. The zero-order valence-corrected chi connectivity index (χ0v) is 32.4. The molecule has 2 aromatic heterocycles. The summed E-state index contributed by atoms with van der Waals surface area (Å²) in [6.45, 7) is 1.71. The number of nitrogens with zero attached hydrogens (tertiary/aromatic N) is 6. The minimum Gasteiger partial charge on any atom is -0.493 e. The summed E-state index contributed by atoms with van der Waals surface area (Å²) >= 11 is 5.94. The number of aromatic nitrogens is 5. The molecule has 7 rings (SSSR count). The molecule has 1 fully saturated rings. The Morgan fingerprint density at radius 3 is 2.71 bits per heavy atom. The van der Waals surface area contributed by atoms with E-state index in [1.807, 2.05) is 0 Å². The van der Waals surface area contributed by atoms with Crippen molar-refractivity contribution in [1.29, 1.82) is 0 Å². The standard InChI is InChI=1S/C39H38ClFN10O8/c1-57-31-18-29-25(36(45-21-44-29)46-22-7-8-27(41)26(40)16-22)17-32(31)59-13-3-6-33(52)43-19-23-20-50(49-48-23)12-15-58-14-11-42-28-5-2-4-24-35(28)39(56)51(38(24)55)30-9-10-34(53)47-37(30)54/h2,4-5,7-8,16-18,20-21,30,42H,3,6,9-15,19H2,1H3,(H,43,52)(H,44,45,46)(H,47,53,54). The van der Waals surface area contributed by atoms with Crippen LogP contribution in [0.15, 0.2) is 61.1 Å². The summed E-state index contributed by atoms with van der Waals surface area (Å²) in [5, 5.41) is 20.1. The molecule has 0 saturated carbocycles. The average Bonchev–Trinajstić information content (AvgIpc) is 3.79. The average molecular weight is 829 g/mol. The van der Waals surface area contributed by atoms with Crippen molar-refractivity contribution in [3.63, 3.8) is 0 Å². The Morgan fingerprint density at radius 2 is 1.90 bits per heavy atom. The summed E-state index contributed by atoms with van der Waals surface area (Å²) in [5.74, 6) is -1.66. The molecule has 18 nitrogen and oxygen atoms in total. The predicted octanol–water partition coefficient (Wildman–Crippen LogP) is 3.77. The van der Waals surface area contributed by atoms with Crippen molar-refractivity contribution in [2.75, 3.05) is 44.1 Å². The lowest BCUT2D eigenvalue weighted by Crippen LogP contribution is -2.54. The Labute approximate surface area is 340 Å². The van der Waals surface area contributed by atoms with Crippen molar-refractivity contribution in [2.45, 2.75) is 44.8 Å². The lowest BCUT2D eigenvalue weighted by molar-refractivity contribution is -0.136. The van der Waals surface area contributed by atoms with E-state index in [9.17, 15) is 28.4 Å². The SMILES string of the molecule is COc1cc2ncnc(Nc3ccc(F)c(Cl)c3)c2cc1OCCCC(=O)NCc1cn(CCOCCNc2cccc3c2C(=O)N(C2CCC(=O)NC2=O)C3=O)nn1. The molecule has 2 aliphatic heterocycles. The van der Waals surface area contributed by atoms with Crippen LogP contribution in [0.25, 0.3) is 10.9 Å². The van der Waals surface area contributed by atoms with Gasteiger partial charge in [0.15, 0.2) is 11.5 Å². The van der Waals surface area contributed by atoms with Crippen LogP contribution < -0.4 is 30.7 Å². The van der Waals surface area contributed by atoms with E-state index in [1.54, 1.807) is 41.2 Å². The number of hydrogen-bond donors (Lipinski definition) is 4. The lowest BCUT2D eigenvalue weighted by Gasteiger charge is -2.27. The number of hydrogen-bond acceptors (Lipinski definition) is 14. The molecule has 1 saturated heterocycles. The fourth-order valence-electron chi connectivity index (χ4n) is 6.55. The maximum atomic E-state index is 13.7. The highest BCUT2D eigenvalue weighted by atomic mass is 35.5. The molecule has 4 N–H and O–H groups in total. The summed E-state index contributed by atoms with van der Waals surface area (Å²) in [7, 11) is 1.51. The van der Waals surface area contributed by atoms with E-state index in [-0.39, 0.29) is 61.1 Å². The zero-order chi connectivity index (χ0) is 41.5. The minimum atomic E-state index is -1.04. The van der Waals surface area contributed by atoms with Crippen LogP contribution in [0.5, 0.6) is 11.5 Å². The van der Waals surface area contributed by atoms with Gasteiger partial charge in [-0.2, -0.15) is 0 Å². The van der Waals surface area contributed by atoms with Gasteiger partial charge in [-0.1, -0.05) is 22.9 Å². The van der Waals surface area contributed by atoms with Crippen molar-refractivity contribution >= 4 is 69.2 Å². The fourth-order valence-corrected chi connectivity index (χ4v) is 6.73. The molecule has 0 radical (unpaired) electrons. The van der Waals surface area contributed by atoms with Crippen molar-refractivity contribution in [3.05, 3.63) is 88.7 Å². The molecule has 0 bridgehead atoms. The molecule has 0 aliphatic carbocycles. The number of amides is 5. The molecule has 1 atom stereocenters. The Balaban J connectivity index is 0.809. The van der Waals surface area contributed by atoms with Crippen molar-refractivity contribution < 1.29 is 42.6 Å². The van der Waals surface area contributed by atoms with E-state index < -0.39 is 35.5 Å². The fraction of sp³-hybridized carbons (Fsp3) is 0.308. The lowest BCUT2D eigenvalue weighted by atomic mass is 10.0. The third kappa shape index (κ3) is 9.37. The van der Waals surface area contributed by atoms with Gasteiger partial charge in [-0.15, -0.1) is 5.10 Å². The molecule has 2 aliphatic rings. The van der Waals surface area contributed by atoms with Gasteiger partial charge in [0.25, 0.3) is 11.8 Å². The van der Waals surface area contributed by atoms with Crippen LogP contribution >= 0.6 is 11.6 Å². The molecule has 5 amide bonds. The number of carbonyl (C=O) groups is 5. The van der Waals surface area contributed by atoms with Gasteiger partial charge in [0, 0.05) is 42.2 Å². The molecule has 5 aromatic rings. The van der Waals surface area contributed by atoms with Gasteiger partial charge in [0.1, 0.15) is 29.7 Å². The Kier molecular flexibility index (Phi) is 12.5. The highest BCUT2D eigenvalue weighted by molar-refractivity contribution is 6.31. The number of imide groups is 2. The molecule has 1 unspecified atom stereocenters. The summed E-state index contributed by atoms with van der Waals surface area (Å²) < 4.78 is 32.5. The zero-order valence-electron chi connectivity index (χ0n) is 31.6. The molecule has 3 aromatic carbocycles. The molecular weight excluding hydrogens is 791 g/mol. The number of nitrogens with one attached hydrogen (secondary N) is 4. The third-order valence-corrected chi connectivity index (χ3v) is 9.75. The van der Waals surface area contributed by atoms with Gasteiger partial charge in [-0.25, -0.2) is 19.0 Å². The van der Waals surface area contributed by atoms with Crippen molar-refractivity contribution in [3.8, 4) is 11.5 Å². The molecule has 4 heterocycles. The maximum Gasteiger partial charge on any atom is 0.264 e. The van der Waals surface area contributed by atoms with Gasteiger partial charge in [0.2, 0.25) is 17.7 Å². The number of piperidine rings is 1.